The Hall–Kier alpha value is -0.540. The molecule has 1 unspecified atom stereocenters. The highest BCUT2D eigenvalue weighted by atomic mass is 35.5. The lowest BCUT2D eigenvalue weighted by Crippen LogP contribution is -2.42. The van der Waals surface area contributed by atoms with E-state index < -0.39 is 0 Å². The number of amides is 1. The normalized spacial score (nSPS) is 13.2. The number of rotatable bonds is 3. The summed E-state index contributed by atoms with van der Waals surface area (Å²) >= 11 is 0. The number of nitrogens with zero attached hydrogens (tertiary/aromatic N) is 1. The number of carbonyl (C=O) groups is 1. The summed E-state index contributed by atoms with van der Waals surface area (Å²) in [6, 6.07) is 0. The number of hydrogen-bond donors (Lipinski definition) is 1. The van der Waals surface area contributed by atoms with Gasteiger partial charge in [0.15, 0.2) is 0 Å². The molecule has 0 heterocycles. The summed E-state index contributed by atoms with van der Waals surface area (Å²) in [5, 5.41) is 0. The van der Waals surface area contributed by atoms with Crippen LogP contribution in [0.1, 0.15) is 27.2 Å². The molecule has 13 heavy (non-hydrogen) atoms. The van der Waals surface area contributed by atoms with Gasteiger partial charge in [-0.2, -0.15) is 0 Å². The van der Waals surface area contributed by atoms with E-state index in [2.05, 4.69) is 0 Å². The van der Waals surface area contributed by atoms with Gasteiger partial charge >= 0.3 is 0 Å². The van der Waals surface area contributed by atoms with Gasteiger partial charge in [0.05, 0.1) is 6.17 Å². The molecule has 0 aromatic rings. The molecule has 0 bridgehead atoms. The Morgan fingerprint density at radius 2 is 2.08 bits per heavy atom. The summed E-state index contributed by atoms with van der Waals surface area (Å²) in [4.78, 5) is 13.0. The van der Waals surface area contributed by atoms with Crippen molar-refractivity contribution in [3.63, 3.8) is 0 Å². The van der Waals surface area contributed by atoms with Crippen LogP contribution in [0.15, 0.2) is 11.6 Å². The van der Waals surface area contributed by atoms with Crippen molar-refractivity contribution in [2.24, 2.45) is 5.73 Å². The average molecular weight is 207 g/mol. The molecular formula is C9H19ClN2O. The van der Waals surface area contributed by atoms with Crippen LogP contribution in [0.5, 0.6) is 0 Å². The molecule has 0 saturated carbocycles. The molecule has 0 aliphatic heterocycles. The van der Waals surface area contributed by atoms with Crippen LogP contribution in [0.25, 0.3) is 0 Å². The molecule has 0 radical (unpaired) electrons. The lowest BCUT2D eigenvalue weighted by molar-refractivity contribution is -0.127. The zero-order chi connectivity index (χ0) is 9.72. The maximum atomic E-state index is 11.5. The first-order chi connectivity index (χ1) is 5.54. The van der Waals surface area contributed by atoms with Crippen LogP contribution in [0.2, 0.25) is 0 Å². The Kier molecular flexibility index (Phi) is 7.96. The minimum Gasteiger partial charge on any atom is -0.327 e. The zero-order valence-corrected chi connectivity index (χ0v) is 9.52. The van der Waals surface area contributed by atoms with Gasteiger partial charge in [-0.05, 0) is 20.3 Å². The molecule has 0 aromatic carbocycles. The van der Waals surface area contributed by atoms with Crippen molar-refractivity contribution in [3.05, 3.63) is 11.6 Å². The number of nitrogens with two attached hydrogens (primary N) is 1. The monoisotopic (exact) mass is 206 g/mol. The lowest BCUT2D eigenvalue weighted by Gasteiger charge is -2.23. The average Bonchev–Trinajstić information content (AvgIpc) is 2.12. The van der Waals surface area contributed by atoms with Crippen LogP contribution in [0, 0.1) is 0 Å². The summed E-state index contributed by atoms with van der Waals surface area (Å²) in [7, 11) is 1.73. The van der Waals surface area contributed by atoms with Gasteiger partial charge in [-0.3, -0.25) is 4.79 Å². The van der Waals surface area contributed by atoms with E-state index in [1.165, 1.54) is 0 Å². The first kappa shape index (κ1) is 15.0. The highest BCUT2D eigenvalue weighted by Crippen LogP contribution is 2.02. The van der Waals surface area contributed by atoms with Crippen LogP contribution in [-0.4, -0.2) is 24.0 Å². The molecule has 0 fully saturated rings. The van der Waals surface area contributed by atoms with Gasteiger partial charge < -0.3 is 10.6 Å². The van der Waals surface area contributed by atoms with Crippen LogP contribution >= 0.6 is 12.4 Å². The highest BCUT2D eigenvalue weighted by Gasteiger charge is 2.14. The van der Waals surface area contributed by atoms with E-state index in [4.69, 9.17) is 5.73 Å². The molecule has 1 atom stereocenters. The smallest absolute Gasteiger partial charge is 0.250 e. The Morgan fingerprint density at radius 3 is 2.38 bits per heavy atom. The van der Waals surface area contributed by atoms with Crippen LogP contribution in [0.3, 0.4) is 0 Å². The van der Waals surface area contributed by atoms with E-state index in [-0.39, 0.29) is 24.5 Å². The standard InChI is InChI=1S/C9H18N2O.ClH/c1-5-7(3)9(12)11(4)8(10)6-2;/h5,8H,6,10H2,1-4H3;1H. The van der Waals surface area contributed by atoms with Gasteiger partial charge in [0.2, 0.25) is 5.91 Å². The summed E-state index contributed by atoms with van der Waals surface area (Å²) in [5.41, 5.74) is 6.43. The summed E-state index contributed by atoms with van der Waals surface area (Å²) < 4.78 is 0. The SMILES string of the molecule is CC=C(C)C(=O)N(C)C(N)CC.Cl. The maximum absolute atomic E-state index is 11.5. The van der Waals surface area contributed by atoms with Crippen molar-refractivity contribution in [1.29, 1.82) is 0 Å². The van der Waals surface area contributed by atoms with Crippen molar-refractivity contribution >= 4 is 18.3 Å². The number of likely N-dealkylation sites (N-methyl/N-ethyl adjacent to an activating group) is 1. The minimum absolute atomic E-state index is 0. The fraction of sp³-hybridized carbons (Fsp3) is 0.667. The predicted molar refractivity (Wildman–Crippen MR) is 57.7 cm³/mol. The van der Waals surface area contributed by atoms with Crippen LogP contribution < -0.4 is 5.73 Å². The highest BCUT2D eigenvalue weighted by molar-refractivity contribution is 5.92. The fourth-order valence-corrected chi connectivity index (χ4v) is 0.826. The van der Waals surface area contributed by atoms with Crippen molar-refractivity contribution in [3.8, 4) is 0 Å². The molecule has 0 spiro atoms. The second-order valence-electron chi connectivity index (χ2n) is 2.86. The van der Waals surface area contributed by atoms with E-state index >= 15 is 0 Å². The Labute approximate surface area is 86.4 Å². The van der Waals surface area contributed by atoms with Gasteiger partial charge in [0, 0.05) is 12.6 Å². The first-order valence-electron chi connectivity index (χ1n) is 4.20. The van der Waals surface area contributed by atoms with Crippen molar-refractivity contribution in [2.75, 3.05) is 7.05 Å². The topological polar surface area (TPSA) is 46.3 Å². The molecule has 2 N–H and O–H groups in total. The summed E-state index contributed by atoms with van der Waals surface area (Å²) in [6.45, 7) is 5.60. The molecule has 78 valence electrons. The van der Waals surface area contributed by atoms with Crippen LogP contribution in [-0.2, 0) is 4.79 Å². The lowest BCUT2D eigenvalue weighted by atomic mass is 10.2. The molecule has 1 amide bonds. The Bertz CT molecular complexity index is 192. The van der Waals surface area contributed by atoms with Crippen molar-refractivity contribution < 1.29 is 4.79 Å². The zero-order valence-electron chi connectivity index (χ0n) is 8.70. The van der Waals surface area contributed by atoms with Gasteiger partial charge in [-0.1, -0.05) is 13.0 Å². The largest absolute Gasteiger partial charge is 0.327 e. The molecular weight excluding hydrogens is 188 g/mol. The quantitative estimate of drug-likeness (QED) is 0.563. The minimum atomic E-state index is -0.174. The Morgan fingerprint density at radius 1 is 1.62 bits per heavy atom. The number of allylic oxidation sites excluding steroid dienone is 1. The van der Waals surface area contributed by atoms with E-state index in [1.807, 2.05) is 13.8 Å². The molecule has 0 saturated heterocycles. The number of hydrogen-bond acceptors (Lipinski definition) is 2. The molecule has 4 heteroatoms. The fourth-order valence-electron chi connectivity index (χ4n) is 0.826. The van der Waals surface area contributed by atoms with E-state index in [0.29, 0.717) is 0 Å². The van der Waals surface area contributed by atoms with Gasteiger partial charge in [0.1, 0.15) is 0 Å². The van der Waals surface area contributed by atoms with E-state index in [0.717, 1.165) is 12.0 Å². The third-order valence-corrected chi connectivity index (χ3v) is 2.01. The second kappa shape index (κ2) is 6.92. The third-order valence-electron chi connectivity index (χ3n) is 2.01. The Balaban J connectivity index is 0. The maximum Gasteiger partial charge on any atom is 0.250 e. The van der Waals surface area contributed by atoms with Gasteiger partial charge in [0.25, 0.3) is 0 Å². The summed E-state index contributed by atoms with van der Waals surface area (Å²) in [6.07, 6.45) is 2.40. The molecule has 3 nitrogen and oxygen atoms in total. The summed E-state index contributed by atoms with van der Waals surface area (Å²) in [5.74, 6) is 0.00634. The second-order valence-corrected chi connectivity index (χ2v) is 2.86. The third kappa shape index (κ3) is 4.29. The van der Waals surface area contributed by atoms with Crippen LogP contribution in [0.4, 0.5) is 0 Å². The molecule has 0 rings (SSSR count). The number of carbonyl (C=O) groups excluding carboxylic acids is 1. The predicted octanol–water partition coefficient (Wildman–Crippen LogP) is 1.53. The van der Waals surface area contributed by atoms with E-state index in [1.54, 1.807) is 24.9 Å². The van der Waals surface area contributed by atoms with Crippen molar-refractivity contribution in [1.82, 2.24) is 4.90 Å². The molecule has 0 aliphatic rings. The molecule has 0 aliphatic carbocycles. The van der Waals surface area contributed by atoms with Crippen molar-refractivity contribution in [2.45, 2.75) is 33.4 Å². The van der Waals surface area contributed by atoms with Gasteiger partial charge in [-0.15, -0.1) is 12.4 Å². The number of halogens is 1. The van der Waals surface area contributed by atoms with E-state index in [9.17, 15) is 4.79 Å². The molecule has 0 aromatic heterocycles. The van der Waals surface area contributed by atoms with Gasteiger partial charge in [-0.25, -0.2) is 0 Å². The first-order valence-corrected chi connectivity index (χ1v) is 4.20.